The molecule has 1 saturated heterocycles. The Balaban J connectivity index is 2.39. The van der Waals surface area contributed by atoms with Crippen molar-refractivity contribution in [2.45, 2.75) is 65.9 Å². The summed E-state index contributed by atoms with van der Waals surface area (Å²) >= 11 is 5.47. The van der Waals surface area contributed by atoms with Gasteiger partial charge in [-0.15, -0.1) is 0 Å². The Labute approximate surface area is 194 Å². The number of rotatable bonds is 7. The van der Waals surface area contributed by atoms with Gasteiger partial charge in [0.15, 0.2) is 0 Å². The monoisotopic (exact) mass is 464 g/mol. The normalized spacial score (nSPS) is 19.6. The predicted octanol–water partition coefficient (Wildman–Crippen LogP) is 3.62. The molecule has 2 N–H and O–H groups in total. The minimum Gasteiger partial charge on any atom is -0.469 e. The maximum absolute atomic E-state index is 12.8. The van der Waals surface area contributed by atoms with Crippen LogP contribution < -0.4 is 5.32 Å². The summed E-state index contributed by atoms with van der Waals surface area (Å²) in [6.07, 6.45) is 3.04. The number of carbonyl (C=O) groups is 3. The summed E-state index contributed by atoms with van der Waals surface area (Å²) in [5.41, 5.74) is 2.16. The van der Waals surface area contributed by atoms with Crippen molar-refractivity contribution in [2.24, 2.45) is 5.41 Å². The summed E-state index contributed by atoms with van der Waals surface area (Å²) in [5.74, 6) is -1.18. The van der Waals surface area contributed by atoms with Crippen molar-refractivity contribution in [3.63, 3.8) is 0 Å². The lowest BCUT2D eigenvalue weighted by molar-refractivity contribution is -0.142. The average Bonchev–Trinajstić information content (AvgIpc) is 3.14. The molecule has 1 atom stereocenters. The van der Waals surface area contributed by atoms with Gasteiger partial charge in [-0.2, -0.15) is 0 Å². The van der Waals surface area contributed by atoms with Gasteiger partial charge in [-0.3, -0.25) is 9.59 Å². The van der Waals surface area contributed by atoms with Gasteiger partial charge in [-0.25, -0.2) is 4.79 Å². The van der Waals surface area contributed by atoms with Crippen molar-refractivity contribution < 1.29 is 28.6 Å². The van der Waals surface area contributed by atoms with Crippen molar-refractivity contribution in [3.8, 4) is 0 Å². The Bertz CT molecular complexity index is 956. The van der Waals surface area contributed by atoms with Crippen LogP contribution in [0.4, 0.5) is 0 Å². The Hall–Kier alpha value is -2.68. The zero-order valence-electron chi connectivity index (χ0n) is 19.8. The number of aromatic amines is 1. The fraction of sp³-hybridized carbons (Fsp3) is 0.565. The number of aromatic nitrogens is 1. The summed E-state index contributed by atoms with van der Waals surface area (Å²) in [4.78, 5) is 40.0. The number of nitrogens with one attached hydrogen (secondary N) is 2. The SMILES string of the molecule is COC(=O)CCc1c(C(=O)OC(C)(C)C)[nH]c(/C=C2\C[C@](C)(CC(=O)OC)C(=S)N2)c1C. The van der Waals surface area contributed by atoms with Crippen LogP contribution in [0.5, 0.6) is 0 Å². The number of hydrogen-bond acceptors (Lipinski definition) is 7. The highest BCUT2D eigenvalue weighted by molar-refractivity contribution is 7.80. The van der Waals surface area contributed by atoms with Crippen LogP contribution >= 0.6 is 12.2 Å². The Morgan fingerprint density at radius 2 is 1.78 bits per heavy atom. The van der Waals surface area contributed by atoms with Crippen molar-refractivity contribution in [2.75, 3.05) is 14.2 Å². The minimum absolute atomic E-state index is 0.139. The van der Waals surface area contributed by atoms with Crippen molar-refractivity contribution in [1.29, 1.82) is 0 Å². The third kappa shape index (κ3) is 6.18. The van der Waals surface area contributed by atoms with E-state index in [9.17, 15) is 14.4 Å². The van der Waals surface area contributed by atoms with Gasteiger partial charge in [0.25, 0.3) is 0 Å². The number of ether oxygens (including phenoxy) is 3. The van der Waals surface area contributed by atoms with E-state index in [1.165, 1.54) is 14.2 Å². The molecule has 1 fully saturated rings. The summed E-state index contributed by atoms with van der Waals surface area (Å²) in [6, 6.07) is 0. The lowest BCUT2D eigenvalue weighted by atomic mass is 9.85. The van der Waals surface area contributed by atoms with Crippen LogP contribution in [-0.4, -0.2) is 47.7 Å². The Morgan fingerprint density at radius 3 is 2.34 bits per heavy atom. The maximum atomic E-state index is 12.8. The molecule has 0 amide bonds. The molecule has 0 bridgehead atoms. The standard InChI is InChI=1S/C23H32N2O6S/c1-13-15(8-9-17(26)29-6)19(20(28)31-22(2,3)4)25-16(13)10-14-11-23(5,21(32)24-14)12-18(27)30-7/h10,25H,8-9,11-12H2,1-7H3,(H,24,32)/b14-10+/t23-/m1/s1. The Morgan fingerprint density at radius 1 is 1.16 bits per heavy atom. The lowest BCUT2D eigenvalue weighted by Gasteiger charge is -2.20. The van der Waals surface area contributed by atoms with Crippen LogP contribution in [0, 0.1) is 12.3 Å². The van der Waals surface area contributed by atoms with Crippen LogP contribution in [0.15, 0.2) is 5.70 Å². The fourth-order valence-corrected chi connectivity index (χ4v) is 3.86. The molecular weight excluding hydrogens is 432 g/mol. The first kappa shape index (κ1) is 25.6. The van der Waals surface area contributed by atoms with Crippen molar-refractivity contribution >= 4 is 41.2 Å². The second-order valence-corrected chi connectivity index (χ2v) is 9.62. The first-order chi connectivity index (χ1) is 14.8. The number of hydrogen-bond donors (Lipinski definition) is 2. The zero-order valence-corrected chi connectivity index (χ0v) is 20.6. The summed E-state index contributed by atoms with van der Waals surface area (Å²) in [5, 5.41) is 3.18. The first-order valence-corrected chi connectivity index (χ1v) is 10.8. The summed E-state index contributed by atoms with van der Waals surface area (Å²) in [6.45, 7) is 9.18. The molecule has 0 radical (unpaired) electrons. The number of methoxy groups -OCH3 is 2. The van der Waals surface area contributed by atoms with E-state index in [4.69, 9.17) is 26.4 Å². The minimum atomic E-state index is -0.663. The van der Waals surface area contributed by atoms with Crippen molar-refractivity contribution in [3.05, 3.63) is 28.2 Å². The van der Waals surface area contributed by atoms with Crippen LogP contribution in [0.1, 0.15) is 74.3 Å². The number of esters is 3. The van der Waals surface area contributed by atoms with Gasteiger partial charge in [0.1, 0.15) is 11.3 Å². The summed E-state index contributed by atoms with van der Waals surface area (Å²) < 4.78 is 15.1. The molecule has 1 aromatic rings. The fourth-order valence-electron chi connectivity index (χ4n) is 3.58. The number of carbonyl (C=O) groups excluding carboxylic acids is 3. The van der Waals surface area contributed by atoms with E-state index < -0.39 is 17.0 Å². The number of allylic oxidation sites excluding steroid dienone is 1. The molecule has 0 saturated carbocycles. The highest BCUT2D eigenvalue weighted by Crippen LogP contribution is 2.37. The third-order valence-corrected chi connectivity index (χ3v) is 5.91. The van der Waals surface area contributed by atoms with E-state index in [0.29, 0.717) is 34.8 Å². The lowest BCUT2D eigenvalue weighted by Crippen LogP contribution is -2.29. The van der Waals surface area contributed by atoms with E-state index in [2.05, 4.69) is 10.3 Å². The van der Waals surface area contributed by atoms with Gasteiger partial charge in [-0.1, -0.05) is 19.1 Å². The third-order valence-electron chi connectivity index (χ3n) is 5.31. The second-order valence-electron chi connectivity index (χ2n) is 9.21. The molecule has 0 aromatic carbocycles. The van der Waals surface area contributed by atoms with Crippen molar-refractivity contribution in [1.82, 2.24) is 10.3 Å². The molecule has 0 aliphatic carbocycles. The number of thiocarbonyl (C=S) groups is 1. The second kappa shape index (κ2) is 9.85. The van der Waals surface area contributed by atoms with Crippen LogP contribution in [0.25, 0.3) is 6.08 Å². The van der Waals surface area contributed by atoms with E-state index in [-0.39, 0.29) is 24.8 Å². The van der Waals surface area contributed by atoms with Gasteiger partial charge in [-0.05, 0) is 57.7 Å². The molecule has 0 spiro atoms. The zero-order chi connectivity index (χ0) is 24.3. The van der Waals surface area contributed by atoms with E-state index >= 15 is 0 Å². The van der Waals surface area contributed by atoms with Gasteiger partial charge in [0.05, 0.1) is 25.6 Å². The summed E-state index contributed by atoms with van der Waals surface area (Å²) in [7, 11) is 2.68. The predicted molar refractivity (Wildman–Crippen MR) is 124 cm³/mol. The highest BCUT2D eigenvalue weighted by Gasteiger charge is 2.39. The molecule has 32 heavy (non-hydrogen) atoms. The quantitative estimate of drug-likeness (QED) is 0.358. The molecule has 2 rings (SSSR count). The molecule has 9 heteroatoms. The smallest absolute Gasteiger partial charge is 0.355 e. The molecule has 1 aliphatic rings. The van der Waals surface area contributed by atoms with Crippen LogP contribution in [-0.2, 0) is 30.2 Å². The van der Waals surface area contributed by atoms with Crippen LogP contribution in [0.2, 0.25) is 0 Å². The van der Waals surface area contributed by atoms with E-state index in [1.807, 2.05) is 19.9 Å². The van der Waals surface area contributed by atoms with Gasteiger partial charge < -0.3 is 24.5 Å². The van der Waals surface area contributed by atoms with E-state index in [0.717, 1.165) is 11.3 Å². The van der Waals surface area contributed by atoms with Gasteiger partial charge >= 0.3 is 17.9 Å². The van der Waals surface area contributed by atoms with Gasteiger partial charge in [0.2, 0.25) is 0 Å². The topological polar surface area (TPSA) is 107 Å². The van der Waals surface area contributed by atoms with Gasteiger partial charge in [0, 0.05) is 23.2 Å². The van der Waals surface area contributed by atoms with Crippen LogP contribution in [0.3, 0.4) is 0 Å². The molecule has 1 aromatic heterocycles. The first-order valence-electron chi connectivity index (χ1n) is 10.4. The average molecular weight is 465 g/mol. The van der Waals surface area contributed by atoms with E-state index in [1.54, 1.807) is 20.8 Å². The maximum Gasteiger partial charge on any atom is 0.355 e. The molecule has 176 valence electrons. The molecule has 2 heterocycles. The highest BCUT2D eigenvalue weighted by atomic mass is 32.1. The number of H-pyrrole nitrogens is 1. The molecule has 0 unspecified atom stereocenters. The largest absolute Gasteiger partial charge is 0.469 e. The molecule has 8 nitrogen and oxygen atoms in total. The molecule has 1 aliphatic heterocycles. The molecular formula is C23H32N2O6S. The Kier molecular flexibility index (Phi) is 7.88.